The van der Waals surface area contributed by atoms with Crippen molar-refractivity contribution in [3.05, 3.63) is 59.9 Å². The van der Waals surface area contributed by atoms with Crippen molar-refractivity contribution in [3.63, 3.8) is 0 Å². The first-order chi connectivity index (χ1) is 12.2. The van der Waals surface area contributed by atoms with Crippen LogP contribution in [0.3, 0.4) is 0 Å². The van der Waals surface area contributed by atoms with E-state index < -0.39 is 25.9 Å². The monoisotopic (exact) mass is 398 g/mol. The van der Waals surface area contributed by atoms with Crippen LogP contribution in [0.5, 0.6) is 0 Å². The molecule has 6 nitrogen and oxygen atoms in total. The second kappa shape index (κ2) is 7.07. The Labute approximate surface area is 153 Å². The first-order valence-electron chi connectivity index (χ1n) is 8.04. The Bertz CT molecular complexity index is 897. The summed E-state index contributed by atoms with van der Waals surface area (Å²) >= 11 is 0. The second-order valence-electron chi connectivity index (χ2n) is 6.08. The average Bonchev–Trinajstić information content (AvgIpc) is 2.62. The van der Waals surface area contributed by atoms with Gasteiger partial charge in [0.2, 0.25) is 20.0 Å². The van der Waals surface area contributed by atoms with Gasteiger partial charge in [0, 0.05) is 26.2 Å². The topological polar surface area (TPSA) is 74.8 Å². The van der Waals surface area contributed by atoms with Crippen molar-refractivity contribution < 1.29 is 21.2 Å². The maximum absolute atomic E-state index is 13.0. The lowest BCUT2D eigenvalue weighted by molar-refractivity contribution is 0.273. The van der Waals surface area contributed by atoms with Crippen LogP contribution in [0.15, 0.2) is 58.3 Å². The highest BCUT2D eigenvalue weighted by Crippen LogP contribution is 2.22. The fraction of sp³-hybridized carbons (Fsp3) is 0.294. The maximum Gasteiger partial charge on any atom is 0.243 e. The van der Waals surface area contributed by atoms with E-state index in [-0.39, 0.29) is 36.0 Å². The summed E-state index contributed by atoms with van der Waals surface area (Å²) in [6.45, 7) is 2.10. The minimum Gasteiger partial charge on any atom is -0.207 e. The third kappa shape index (κ3) is 3.66. The summed E-state index contributed by atoms with van der Waals surface area (Å²) in [5, 5.41) is 0. The highest BCUT2D eigenvalue weighted by molar-refractivity contribution is 7.89. The molecule has 140 valence electrons. The van der Waals surface area contributed by atoms with Crippen LogP contribution < -0.4 is 0 Å². The molecule has 3 rings (SSSR count). The number of aryl methyl sites for hydroxylation is 1. The lowest BCUT2D eigenvalue weighted by Gasteiger charge is -2.33. The molecule has 1 fully saturated rings. The smallest absolute Gasteiger partial charge is 0.207 e. The van der Waals surface area contributed by atoms with Crippen molar-refractivity contribution in [1.82, 2.24) is 8.61 Å². The Kier molecular flexibility index (Phi) is 5.16. The van der Waals surface area contributed by atoms with Crippen LogP contribution >= 0.6 is 0 Å². The van der Waals surface area contributed by atoms with E-state index in [1.807, 2.05) is 6.92 Å². The standard InChI is InChI=1S/C17H19FN2O4S2/c1-14-2-6-16(7-3-14)25(21,22)19-10-12-20(13-11-19)26(23,24)17-8-4-15(18)5-9-17/h2-9H,10-13H2,1H3. The Morgan fingerprint density at radius 3 is 1.42 bits per heavy atom. The highest BCUT2D eigenvalue weighted by Gasteiger charge is 2.33. The number of benzene rings is 2. The quantitative estimate of drug-likeness (QED) is 0.788. The number of rotatable bonds is 4. The number of hydrogen-bond acceptors (Lipinski definition) is 4. The predicted octanol–water partition coefficient (Wildman–Crippen LogP) is 1.83. The van der Waals surface area contributed by atoms with Gasteiger partial charge in [-0.1, -0.05) is 17.7 Å². The Hall–Kier alpha value is -1.81. The third-order valence-electron chi connectivity index (χ3n) is 4.31. The Morgan fingerprint density at radius 1 is 0.692 bits per heavy atom. The van der Waals surface area contributed by atoms with Crippen molar-refractivity contribution in [2.75, 3.05) is 26.2 Å². The van der Waals surface area contributed by atoms with Gasteiger partial charge in [-0.05, 0) is 43.3 Å². The van der Waals surface area contributed by atoms with Gasteiger partial charge in [0.05, 0.1) is 9.79 Å². The van der Waals surface area contributed by atoms with Crippen molar-refractivity contribution in [1.29, 1.82) is 0 Å². The average molecular weight is 398 g/mol. The Balaban J connectivity index is 1.74. The minimum absolute atomic E-state index is 0.00579. The molecule has 0 unspecified atom stereocenters. The molecule has 2 aromatic carbocycles. The molecule has 1 aliphatic rings. The van der Waals surface area contributed by atoms with Gasteiger partial charge in [0.25, 0.3) is 0 Å². The molecule has 0 radical (unpaired) electrons. The van der Waals surface area contributed by atoms with Gasteiger partial charge in [0.1, 0.15) is 5.82 Å². The molecule has 0 spiro atoms. The highest BCUT2D eigenvalue weighted by atomic mass is 32.2. The molecule has 1 heterocycles. The van der Waals surface area contributed by atoms with Crippen LogP contribution in [-0.4, -0.2) is 51.6 Å². The van der Waals surface area contributed by atoms with Crippen molar-refractivity contribution in [2.45, 2.75) is 16.7 Å². The molecule has 9 heteroatoms. The number of halogens is 1. The molecule has 0 atom stereocenters. The van der Waals surface area contributed by atoms with E-state index in [0.717, 1.165) is 17.7 Å². The normalized spacial score (nSPS) is 17.3. The number of sulfonamides is 2. The molecule has 26 heavy (non-hydrogen) atoms. The van der Waals surface area contributed by atoms with E-state index in [4.69, 9.17) is 0 Å². The fourth-order valence-electron chi connectivity index (χ4n) is 2.77. The van der Waals surface area contributed by atoms with Gasteiger partial charge >= 0.3 is 0 Å². The van der Waals surface area contributed by atoms with E-state index in [9.17, 15) is 21.2 Å². The number of nitrogens with zero attached hydrogens (tertiary/aromatic N) is 2. The van der Waals surface area contributed by atoms with Gasteiger partial charge in [-0.25, -0.2) is 21.2 Å². The predicted molar refractivity (Wildman–Crippen MR) is 95.1 cm³/mol. The molecular weight excluding hydrogens is 379 g/mol. The summed E-state index contributed by atoms with van der Waals surface area (Å²) < 4.78 is 66.1. The first kappa shape index (κ1) is 19.0. The zero-order valence-corrected chi connectivity index (χ0v) is 15.8. The summed E-state index contributed by atoms with van der Waals surface area (Å²) in [6.07, 6.45) is 0. The lowest BCUT2D eigenvalue weighted by atomic mass is 10.2. The first-order valence-corrected chi connectivity index (χ1v) is 10.9. The van der Waals surface area contributed by atoms with Crippen LogP contribution in [0, 0.1) is 12.7 Å². The summed E-state index contributed by atoms with van der Waals surface area (Å²) in [4.78, 5) is 0.187. The second-order valence-corrected chi connectivity index (χ2v) is 9.95. The maximum atomic E-state index is 13.0. The van der Waals surface area contributed by atoms with Gasteiger partial charge in [-0.15, -0.1) is 0 Å². The summed E-state index contributed by atoms with van der Waals surface area (Å²) in [7, 11) is -7.43. The zero-order valence-electron chi connectivity index (χ0n) is 14.2. The lowest BCUT2D eigenvalue weighted by Crippen LogP contribution is -2.50. The van der Waals surface area contributed by atoms with Crippen molar-refractivity contribution >= 4 is 20.0 Å². The number of hydrogen-bond donors (Lipinski definition) is 0. The molecule has 0 saturated carbocycles. The van der Waals surface area contributed by atoms with Crippen LogP contribution in [0.25, 0.3) is 0 Å². The minimum atomic E-state index is -3.77. The van der Waals surface area contributed by atoms with Gasteiger partial charge in [0.15, 0.2) is 0 Å². The molecule has 0 aliphatic carbocycles. The fourth-order valence-corrected chi connectivity index (χ4v) is 5.61. The van der Waals surface area contributed by atoms with Crippen molar-refractivity contribution in [2.24, 2.45) is 0 Å². The van der Waals surface area contributed by atoms with E-state index in [1.54, 1.807) is 24.3 Å². The molecule has 1 saturated heterocycles. The molecular formula is C17H19FN2O4S2. The molecule has 2 aromatic rings. The zero-order chi connectivity index (χ0) is 18.9. The van der Waals surface area contributed by atoms with Crippen LogP contribution in [0.2, 0.25) is 0 Å². The van der Waals surface area contributed by atoms with Crippen LogP contribution in [-0.2, 0) is 20.0 Å². The van der Waals surface area contributed by atoms with E-state index >= 15 is 0 Å². The van der Waals surface area contributed by atoms with Gasteiger partial charge in [-0.3, -0.25) is 0 Å². The Morgan fingerprint density at radius 2 is 1.04 bits per heavy atom. The summed E-state index contributed by atoms with van der Waals surface area (Å²) in [6, 6.07) is 11.1. The van der Waals surface area contributed by atoms with Crippen molar-refractivity contribution in [3.8, 4) is 0 Å². The van der Waals surface area contributed by atoms with E-state index in [2.05, 4.69) is 0 Å². The summed E-state index contributed by atoms with van der Waals surface area (Å²) in [5.74, 6) is -0.516. The third-order valence-corrected chi connectivity index (χ3v) is 8.13. The van der Waals surface area contributed by atoms with Crippen LogP contribution in [0.1, 0.15) is 5.56 Å². The number of piperazine rings is 1. The van der Waals surface area contributed by atoms with Crippen LogP contribution in [0.4, 0.5) is 4.39 Å². The molecule has 0 amide bonds. The van der Waals surface area contributed by atoms with E-state index in [0.29, 0.717) is 0 Å². The summed E-state index contributed by atoms with van der Waals surface area (Å²) in [5.41, 5.74) is 0.958. The van der Waals surface area contributed by atoms with Gasteiger partial charge in [-0.2, -0.15) is 8.61 Å². The molecule has 0 bridgehead atoms. The SMILES string of the molecule is Cc1ccc(S(=O)(=O)N2CCN(S(=O)(=O)c3ccc(F)cc3)CC2)cc1. The van der Waals surface area contributed by atoms with E-state index in [1.165, 1.54) is 20.7 Å². The molecule has 0 aromatic heterocycles. The molecule has 0 N–H and O–H groups in total. The van der Waals surface area contributed by atoms with Gasteiger partial charge < -0.3 is 0 Å². The molecule has 1 aliphatic heterocycles. The largest absolute Gasteiger partial charge is 0.243 e.